The van der Waals surface area contributed by atoms with Crippen LogP contribution in [0.25, 0.3) is 0 Å². The lowest BCUT2D eigenvalue weighted by Crippen LogP contribution is -2.42. The SMILES string of the molecule is C=CC(C)Nn1cc(C(N)=O)c(=O)c(Cc2ccc(F)cc2F)c1C(=O)N[C@H](C=C)CO. The number of aliphatic hydroxyl groups excluding tert-OH is 1. The highest BCUT2D eigenvalue weighted by Gasteiger charge is 2.26. The summed E-state index contributed by atoms with van der Waals surface area (Å²) in [5.41, 5.74) is 6.30. The van der Waals surface area contributed by atoms with E-state index >= 15 is 0 Å². The summed E-state index contributed by atoms with van der Waals surface area (Å²) in [5, 5.41) is 11.9. The number of hydrogen-bond donors (Lipinski definition) is 4. The summed E-state index contributed by atoms with van der Waals surface area (Å²) in [7, 11) is 0. The Balaban J connectivity index is 2.79. The molecule has 32 heavy (non-hydrogen) atoms. The highest BCUT2D eigenvalue weighted by Crippen LogP contribution is 2.17. The van der Waals surface area contributed by atoms with Gasteiger partial charge in [0.2, 0.25) is 0 Å². The number of pyridine rings is 1. The molecule has 1 unspecified atom stereocenters. The number of aromatic nitrogens is 1. The molecule has 1 heterocycles. The van der Waals surface area contributed by atoms with Crippen LogP contribution in [0, 0.1) is 11.6 Å². The number of amides is 2. The summed E-state index contributed by atoms with van der Waals surface area (Å²) in [6.45, 7) is 8.37. The van der Waals surface area contributed by atoms with E-state index in [9.17, 15) is 28.3 Å². The topological polar surface area (TPSA) is 126 Å². The number of nitrogens with zero attached hydrogens (tertiary/aromatic N) is 1. The highest BCUT2D eigenvalue weighted by atomic mass is 19.1. The third-order valence-electron chi connectivity index (χ3n) is 4.66. The van der Waals surface area contributed by atoms with Crippen molar-refractivity contribution in [2.75, 3.05) is 12.0 Å². The summed E-state index contributed by atoms with van der Waals surface area (Å²) in [5.74, 6) is -3.61. The van der Waals surface area contributed by atoms with Crippen molar-refractivity contribution in [2.45, 2.75) is 25.4 Å². The van der Waals surface area contributed by atoms with Gasteiger partial charge in [0.1, 0.15) is 22.9 Å². The van der Waals surface area contributed by atoms with Crippen LogP contribution < -0.4 is 21.9 Å². The zero-order chi connectivity index (χ0) is 24.0. The van der Waals surface area contributed by atoms with E-state index in [1.807, 2.05) is 0 Å². The molecular formula is C22H24F2N4O4. The Bertz CT molecular complexity index is 1110. The van der Waals surface area contributed by atoms with E-state index in [2.05, 4.69) is 23.9 Å². The number of nitrogens with two attached hydrogens (primary N) is 1. The van der Waals surface area contributed by atoms with Crippen molar-refractivity contribution in [1.82, 2.24) is 9.99 Å². The summed E-state index contributed by atoms with van der Waals surface area (Å²) >= 11 is 0. The number of carbonyl (C=O) groups excluding carboxylic acids is 2. The van der Waals surface area contributed by atoms with Gasteiger partial charge < -0.3 is 21.6 Å². The second-order valence-electron chi connectivity index (χ2n) is 7.00. The van der Waals surface area contributed by atoms with Crippen LogP contribution in [0.2, 0.25) is 0 Å². The van der Waals surface area contributed by atoms with Crippen molar-refractivity contribution < 1.29 is 23.5 Å². The van der Waals surface area contributed by atoms with E-state index in [4.69, 9.17) is 5.73 Å². The van der Waals surface area contributed by atoms with Crippen molar-refractivity contribution in [3.05, 3.63) is 93.9 Å². The molecule has 10 heteroatoms. The van der Waals surface area contributed by atoms with Crippen molar-refractivity contribution in [2.24, 2.45) is 5.73 Å². The molecule has 0 aliphatic carbocycles. The van der Waals surface area contributed by atoms with Gasteiger partial charge in [-0.3, -0.25) is 19.1 Å². The van der Waals surface area contributed by atoms with Gasteiger partial charge in [0.15, 0.2) is 5.43 Å². The molecule has 2 atom stereocenters. The van der Waals surface area contributed by atoms with Gasteiger partial charge in [-0.25, -0.2) is 8.78 Å². The Morgan fingerprint density at radius 2 is 1.97 bits per heavy atom. The van der Waals surface area contributed by atoms with Crippen LogP contribution in [-0.4, -0.2) is 40.3 Å². The predicted octanol–water partition coefficient (Wildman–Crippen LogP) is 1.21. The van der Waals surface area contributed by atoms with Gasteiger partial charge in [-0.1, -0.05) is 18.2 Å². The van der Waals surface area contributed by atoms with E-state index in [0.29, 0.717) is 6.07 Å². The second-order valence-corrected chi connectivity index (χ2v) is 7.00. The van der Waals surface area contributed by atoms with Crippen LogP contribution in [0.5, 0.6) is 0 Å². The highest BCUT2D eigenvalue weighted by molar-refractivity contribution is 5.97. The molecule has 0 saturated carbocycles. The monoisotopic (exact) mass is 446 g/mol. The molecule has 0 spiro atoms. The van der Waals surface area contributed by atoms with E-state index < -0.39 is 59.6 Å². The number of aliphatic hydroxyl groups is 1. The first-order valence-corrected chi connectivity index (χ1v) is 9.58. The molecule has 0 radical (unpaired) electrons. The van der Waals surface area contributed by atoms with E-state index in [0.717, 1.165) is 23.0 Å². The smallest absolute Gasteiger partial charge is 0.270 e. The summed E-state index contributed by atoms with van der Waals surface area (Å²) in [6.07, 6.45) is 3.42. The molecule has 170 valence electrons. The standard InChI is InChI=1S/C22H24F2N4O4/c1-4-12(3)27-28-10-17(21(25)31)20(30)16(8-13-6-7-14(23)9-18(13)24)19(28)22(32)26-15(5-2)11-29/h4-7,9-10,12,15,27,29H,1-2,8,11H2,3H3,(H2,25,31)(H,26,32)/t12?,15-/m1/s1. The Hall–Kier alpha value is -3.79. The van der Waals surface area contributed by atoms with E-state index in [1.54, 1.807) is 6.92 Å². The van der Waals surface area contributed by atoms with Gasteiger partial charge in [0.05, 0.1) is 18.7 Å². The lowest BCUT2D eigenvalue weighted by atomic mass is 9.99. The summed E-state index contributed by atoms with van der Waals surface area (Å²) < 4.78 is 28.8. The lowest BCUT2D eigenvalue weighted by molar-refractivity contribution is 0.0916. The van der Waals surface area contributed by atoms with Crippen LogP contribution in [0.1, 0.15) is 38.9 Å². The van der Waals surface area contributed by atoms with Crippen LogP contribution in [0.3, 0.4) is 0 Å². The van der Waals surface area contributed by atoms with Gasteiger partial charge >= 0.3 is 0 Å². The fourth-order valence-corrected chi connectivity index (χ4v) is 2.90. The Morgan fingerprint density at radius 1 is 1.28 bits per heavy atom. The number of primary amides is 1. The lowest BCUT2D eigenvalue weighted by Gasteiger charge is -2.23. The first-order chi connectivity index (χ1) is 15.1. The van der Waals surface area contributed by atoms with Crippen molar-refractivity contribution in [3.63, 3.8) is 0 Å². The minimum atomic E-state index is -1.05. The number of nitrogens with one attached hydrogen (secondary N) is 2. The minimum absolute atomic E-state index is 0.0788. The Labute approximate surface area is 183 Å². The minimum Gasteiger partial charge on any atom is -0.394 e. The van der Waals surface area contributed by atoms with Gasteiger partial charge in [-0.05, 0) is 18.6 Å². The van der Waals surface area contributed by atoms with Gasteiger partial charge in [-0.2, -0.15) is 0 Å². The zero-order valence-corrected chi connectivity index (χ0v) is 17.4. The largest absolute Gasteiger partial charge is 0.394 e. The fourth-order valence-electron chi connectivity index (χ4n) is 2.90. The zero-order valence-electron chi connectivity index (χ0n) is 17.4. The maximum Gasteiger partial charge on any atom is 0.270 e. The van der Waals surface area contributed by atoms with Gasteiger partial charge in [-0.15, -0.1) is 13.2 Å². The molecule has 0 saturated heterocycles. The van der Waals surface area contributed by atoms with Crippen molar-refractivity contribution >= 4 is 11.8 Å². The van der Waals surface area contributed by atoms with Crippen LogP contribution in [0.4, 0.5) is 8.78 Å². The molecule has 2 aromatic rings. The molecule has 0 fully saturated rings. The van der Waals surface area contributed by atoms with Crippen LogP contribution in [-0.2, 0) is 6.42 Å². The number of carbonyl (C=O) groups is 2. The average molecular weight is 446 g/mol. The molecule has 0 aliphatic rings. The third kappa shape index (κ3) is 5.46. The van der Waals surface area contributed by atoms with Gasteiger partial charge in [0.25, 0.3) is 11.8 Å². The summed E-state index contributed by atoms with van der Waals surface area (Å²) in [6, 6.07) is 1.52. The quantitative estimate of drug-likeness (QED) is 0.408. The van der Waals surface area contributed by atoms with Crippen LogP contribution in [0.15, 0.2) is 54.5 Å². The number of halogens is 2. The number of hydrogen-bond acceptors (Lipinski definition) is 5. The molecule has 2 rings (SSSR count). The maximum absolute atomic E-state index is 14.3. The molecule has 8 nitrogen and oxygen atoms in total. The average Bonchev–Trinajstić information content (AvgIpc) is 2.75. The number of benzene rings is 1. The summed E-state index contributed by atoms with van der Waals surface area (Å²) in [4.78, 5) is 38.0. The first kappa shape index (κ1) is 24.5. The third-order valence-corrected chi connectivity index (χ3v) is 4.66. The molecule has 1 aromatic carbocycles. The molecule has 2 amide bonds. The molecular weight excluding hydrogens is 422 g/mol. The molecule has 1 aromatic heterocycles. The normalized spacial score (nSPS) is 12.5. The predicted molar refractivity (Wildman–Crippen MR) is 116 cm³/mol. The maximum atomic E-state index is 14.3. The molecule has 5 N–H and O–H groups in total. The second kappa shape index (κ2) is 10.5. The van der Waals surface area contributed by atoms with E-state index in [1.165, 1.54) is 12.2 Å². The molecule has 0 bridgehead atoms. The number of rotatable bonds is 10. The Morgan fingerprint density at radius 3 is 2.50 bits per heavy atom. The fraction of sp³-hybridized carbons (Fsp3) is 0.227. The van der Waals surface area contributed by atoms with Crippen molar-refractivity contribution in [3.8, 4) is 0 Å². The van der Waals surface area contributed by atoms with Crippen molar-refractivity contribution in [1.29, 1.82) is 0 Å². The van der Waals surface area contributed by atoms with Gasteiger partial charge in [0, 0.05) is 24.2 Å². The Kier molecular flexibility index (Phi) is 8.03. The first-order valence-electron chi connectivity index (χ1n) is 9.58. The van der Waals surface area contributed by atoms with E-state index in [-0.39, 0.29) is 16.8 Å². The van der Waals surface area contributed by atoms with Crippen LogP contribution >= 0.6 is 0 Å². The molecule has 0 aliphatic heterocycles.